The van der Waals surface area contributed by atoms with Gasteiger partial charge in [-0.15, -0.1) is 0 Å². The van der Waals surface area contributed by atoms with E-state index in [1.807, 2.05) is 18.2 Å². The number of anilines is 2. The number of nitrogens with zero attached hydrogens (tertiary/aromatic N) is 2. The molecule has 0 atom stereocenters. The van der Waals surface area contributed by atoms with E-state index in [0.29, 0.717) is 16.3 Å². The smallest absolute Gasteiger partial charge is 0.478 e. The predicted molar refractivity (Wildman–Crippen MR) is 147 cm³/mol. The summed E-state index contributed by atoms with van der Waals surface area (Å²) in [7, 11) is 0. The Labute approximate surface area is 242 Å². The average molecular weight is 608 g/mol. The van der Waals surface area contributed by atoms with Crippen LogP contribution in [0.5, 0.6) is 11.5 Å². The third kappa shape index (κ3) is 7.83. The van der Waals surface area contributed by atoms with Crippen LogP contribution in [0.15, 0.2) is 60.7 Å². The molecule has 1 saturated heterocycles. The van der Waals surface area contributed by atoms with Crippen molar-refractivity contribution in [3.8, 4) is 11.5 Å². The van der Waals surface area contributed by atoms with Gasteiger partial charge in [-0.25, -0.2) is 9.59 Å². The number of amides is 1. The minimum atomic E-state index is -5.08. The molecular weight excluding hydrogens is 583 g/mol. The van der Waals surface area contributed by atoms with Gasteiger partial charge in [0.1, 0.15) is 0 Å². The molecule has 3 aromatic carbocycles. The second-order valence-electron chi connectivity index (χ2n) is 9.26. The molecule has 2 heterocycles. The molecular formula is C28H25ClF3N3O7. The lowest BCUT2D eigenvalue weighted by Gasteiger charge is -2.37. The highest BCUT2D eigenvalue weighted by molar-refractivity contribution is 6.31. The summed E-state index contributed by atoms with van der Waals surface area (Å²) in [5, 5.41) is 19.9. The second-order valence-corrected chi connectivity index (χ2v) is 9.69. The van der Waals surface area contributed by atoms with E-state index in [4.69, 9.17) is 31.0 Å². The van der Waals surface area contributed by atoms with Crippen LogP contribution < -0.4 is 19.7 Å². The summed E-state index contributed by atoms with van der Waals surface area (Å²) < 4.78 is 42.6. The second kappa shape index (κ2) is 13.0. The molecule has 0 bridgehead atoms. The number of aromatic carboxylic acids is 1. The van der Waals surface area contributed by atoms with Gasteiger partial charge in [-0.1, -0.05) is 23.7 Å². The van der Waals surface area contributed by atoms with Gasteiger partial charge in [0.2, 0.25) is 6.79 Å². The van der Waals surface area contributed by atoms with Gasteiger partial charge >= 0.3 is 18.1 Å². The summed E-state index contributed by atoms with van der Waals surface area (Å²) in [6, 6.07) is 17.4. The number of rotatable bonds is 6. The zero-order chi connectivity index (χ0) is 30.4. The van der Waals surface area contributed by atoms with E-state index in [1.54, 1.807) is 36.4 Å². The van der Waals surface area contributed by atoms with Gasteiger partial charge in [0.05, 0.1) is 16.9 Å². The van der Waals surface area contributed by atoms with Crippen molar-refractivity contribution in [3.63, 3.8) is 0 Å². The van der Waals surface area contributed by atoms with Crippen LogP contribution in [-0.4, -0.2) is 72.1 Å². The number of alkyl halides is 3. The SMILES string of the molecule is O=C(O)C(F)(F)F.O=C(O)c1ccc(N2CCN(Cc3ccc4c(c3)OCO4)CC2)c(NC(=O)c2cccc(Cl)c2)c1. The van der Waals surface area contributed by atoms with Crippen LogP contribution in [0.25, 0.3) is 0 Å². The molecule has 0 unspecified atom stereocenters. The number of fused-ring (bicyclic) bond motifs is 1. The molecule has 0 spiro atoms. The fourth-order valence-corrected chi connectivity index (χ4v) is 4.50. The summed E-state index contributed by atoms with van der Waals surface area (Å²) in [4.78, 5) is 37.8. The highest BCUT2D eigenvalue weighted by Crippen LogP contribution is 2.33. The molecule has 10 nitrogen and oxygen atoms in total. The normalized spacial score (nSPS) is 14.5. The van der Waals surface area contributed by atoms with Crippen molar-refractivity contribution >= 4 is 40.8 Å². The van der Waals surface area contributed by atoms with Crippen molar-refractivity contribution in [1.82, 2.24) is 4.90 Å². The Bertz CT molecular complexity index is 1480. The molecule has 3 N–H and O–H groups in total. The van der Waals surface area contributed by atoms with Crippen molar-refractivity contribution in [2.24, 2.45) is 0 Å². The fraction of sp³-hybridized carbons (Fsp3) is 0.250. The minimum absolute atomic E-state index is 0.108. The van der Waals surface area contributed by atoms with Crippen LogP contribution >= 0.6 is 11.6 Å². The Balaban J connectivity index is 0.000000517. The van der Waals surface area contributed by atoms with Gasteiger partial charge in [0, 0.05) is 43.3 Å². The highest BCUT2D eigenvalue weighted by Gasteiger charge is 2.38. The molecule has 2 aliphatic heterocycles. The van der Waals surface area contributed by atoms with E-state index in [2.05, 4.69) is 15.1 Å². The van der Waals surface area contributed by atoms with Gasteiger partial charge in [-0.05, 0) is 54.1 Å². The first-order valence-corrected chi connectivity index (χ1v) is 12.9. The number of carboxylic acids is 2. The van der Waals surface area contributed by atoms with Crippen molar-refractivity contribution in [2.45, 2.75) is 12.7 Å². The summed E-state index contributed by atoms with van der Waals surface area (Å²) in [6.07, 6.45) is -5.08. The summed E-state index contributed by atoms with van der Waals surface area (Å²) in [5.74, 6) is -2.61. The number of carbonyl (C=O) groups is 3. The van der Waals surface area contributed by atoms with Crippen molar-refractivity contribution in [1.29, 1.82) is 0 Å². The number of hydrogen-bond acceptors (Lipinski definition) is 7. The van der Waals surface area contributed by atoms with E-state index in [-0.39, 0.29) is 18.3 Å². The largest absolute Gasteiger partial charge is 0.490 e. The average Bonchev–Trinajstić information content (AvgIpc) is 3.41. The van der Waals surface area contributed by atoms with Gasteiger partial charge in [-0.3, -0.25) is 9.69 Å². The third-order valence-electron chi connectivity index (χ3n) is 6.38. The molecule has 5 rings (SSSR count). The molecule has 222 valence electrons. The first-order valence-electron chi connectivity index (χ1n) is 12.5. The van der Waals surface area contributed by atoms with Gasteiger partial charge in [0.25, 0.3) is 5.91 Å². The highest BCUT2D eigenvalue weighted by atomic mass is 35.5. The van der Waals surface area contributed by atoms with Gasteiger partial charge in [0.15, 0.2) is 11.5 Å². The first-order chi connectivity index (χ1) is 19.9. The Kier molecular flexibility index (Phi) is 9.43. The number of carboxylic acid groups (broad SMARTS) is 2. The van der Waals surface area contributed by atoms with Crippen LogP contribution in [0.3, 0.4) is 0 Å². The van der Waals surface area contributed by atoms with Crippen molar-refractivity contribution in [2.75, 3.05) is 43.2 Å². The first kappa shape index (κ1) is 30.5. The number of nitrogens with one attached hydrogen (secondary N) is 1. The van der Waals surface area contributed by atoms with Crippen LogP contribution in [0.1, 0.15) is 26.3 Å². The van der Waals surface area contributed by atoms with Crippen molar-refractivity contribution < 1.29 is 47.2 Å². The Hall–Kier alpha value is -4.49. The standard InChI is InChI=1S/C26H24ClN3O5.C2HF3O2/c27-20-3-1-2-18(13-20)25(31)28-21-14-19(26(32)33)5-6-22(21)30-10-8-29(9-11-30)15-17-4-7-23-24(12-17)35-16-34-23;3-2(4,5)1(6)7/h1-7,12-14H,8-11,15-16H2,(H,28,31)(H,32,33);(H,6,7). The monoisotopic (exact) mass is 607 g/mol. The van der Waals surface area contributed by atoms with E-state index in [1.165, 1.54) is 6.07 Å². The maximum atomic E-state index is 12.9. The number of halogens is 4. The van der Waals surface area contributed by atoms with E-state index in [0.717, 1.165) is 55.5 Å². The fourth-order valence-electron chi connectivity index (χ4n) is 4.31. The van der Waals surface area contributed by atoms with Gasteiger partial charge < -0.3 is 29.9 Å². The number of benzene rings is 3. The predicted octanol–water partition coefficient (Wildman–Crippen LogP) is 4.97. The molecule has 0 saturated carbocycles. The van der Waals surface area contributed by atoms with Crippen LogP contribution in [-0.2, 0) is 11.3 Å². The zero-order valence-corrected chi connectivity index (χ0v) is 22.6. The number of piperazine rings is 1. The molecule has 1 amide bonds. The molecule has 0 radical (unpaired) electrons. The molecule has 0 aromatic heterocycles. The zero-order valence-electron chi connectivity index (χ0n) is 21.9. The van der Waals surface area contributed by atoms with Crippen LogP contribution in [0, 0.1) is 0 Å². The van der Waals surface area contributed by atoms with E-state index < -0.39 is 18.1 Å². The summed E-state index contributed by atoms with van der Waals surface area (Å²) in [6.45, 7) is 4.15. The van der Waals surface area contributed by atoms with Crippen LogP contribution in [0.2, 0.25) is 5.02 Å². The quantitative estimate of drug-likeness (QED) is 0.356. The maximum Gasteiger partial charge on any atom is 0.490 e. The lowest BCUT2D eigenvalue weighted by Crippen LogP contribution is -2.46. The maximum absolute atomic E-state index is 12.9. The van der Waals surface area contributed by atoms with Crippen LogP contribution in [0.4, 0.5) is 24.5 Å². The lowest BCUT2D eigenvalue weighted by molar-refractivity contribution is -0.192. The third-order valence-corrected chi connectivity index (χ3v) is 6.61. The number of carbonyl (C=O) groups excluding carboxylic acids is 1. The minimum Gasteiger partial charge on any atom is -0.478 e. The van der Waals surface area contributed by atoms with E-state index >= 15 is 0 Å². The Morgan fingerprint density at radius 1 is 0.881 bits per heavy atom. The Morgan fingerprint density at radius 3 is 2.21 bits per heavy atom. The lowest BCUT2D eigenvalue weighted by atomic mass is 10.1. The topological polar surface area (TPSA) is 129 Å². The molecule has 42 heavy (non-hydrogen) atoms. The van der Waals surface area contributed by atoms with Gasteiger partial charge in [-0.2, -0.15) is 13.2 Å². The summed E-state index contributed by atoms with van der Waals surface area (Å²) in [5.41, 5.74) is 2.91. The molecule has 0 aliphatic carbocycles. The molecule has 2 aliphatic rings. The molecule has 1 fully saturated rings. The molecule has 14 heteroatoms. The number of aliphatic carboxylic acids is 1. The van der Waals surface area contributed by atoms with Crippen molar-refractivity contribution in [3.05, 3.63) is 82.4 Å². The number of hydrogen-bond donors (Lipinski definition) is 3. The number of ether oxygens (including phenoxy) is 2. The van der Waals surface area contributed by atoms with E-state index in [9.17, 15) is 27.9 Å². The Morgan fingerprint density at radius 2 is 1.57 bits per heavy atom. The molecule has 3 aromatic rings. The summed E-state index contributed by atoms with van der Waals surface area (Å²) >= 11 is 6.03.